The topological polar surface area (TPSA) is 4.93 Å². The van der Waals surface area contributed by atoms with E-state index in [-0.39, 0.29) is 0 Å². The van der Waals surface area contributed by atoms with Gasteiger partial charge in [0.25, 0.3) is 0 Å². The van der Waals surface area contributed by atoms with Crippen molar-refractivity contribution in [2.45, 2.75) is 19.9 Å². The molecule has 1 nitrogen and oxygen atoms in total. The van der Waals surface area contributed by atoms with Crippen molar-refractivity contribution >= 4 is 29.6 Å². The fourth-order valence-corrected chi connectivity index (χ4v) is 3.00. The Morgan fingerprint density at radius 1 is 0.857 bits per heavy atom. The van der Waals surface area contributed by atoms with Gasteiger partial charge in [-0.3, -0.25) is 0 Å². The van der Waals surface area contributed by atoms with Crippen LogP contribution >= 0.6 is 7.81 Å². The van der Waals surface area contributed by atoms with Crippen LogP contribution in [0.2, 0.25) is 0 Å². The average molecular weight is 461 g/mol. The zero-order valence-electron chi connectivity index (χ0n) is 14.8. The molecule has 154 valence electrons. The van der Waals surface area contributed by atoms with Crippen molar-refractivity contribution in [1.29, 1.82) is 0 Å². The first-order valence-electron chi connectivity index (χ1n) is 8.28. The Morgan fingerprint density at radius 3 is 1.57 bits per heavy atom. The molecule has 0 amide bonds. The number of allylic oxidation sites excluding steroid dienone is 4. The summed E-state index contributed by atoms with van der Waals surface area (Å²) in [7, 11) is -10.7. The van der Waals surface area contributed by atoms with Crippen LogP contribution in [0.1, 0.15) is 13.3 Å². The summed E-state index contributed by atoms with van der Waals surface area (Å²) in [4.78, 5) is 0. The zero-order valence-corrected chi connectivity index (χ0v) is 16.8. The minimum atomic E-state index is -10.7. The van der Waals surface area contributed by atoms with Crippen molar-refractivity contribution in [2.24, 2.45) is 0 Å². The van der Waals surface area contributed by atoms with Gasteiger partial charge in [-0.15, -0.1) is 0 Å². The van der Waals surface area contributed by atoms with Crippen LogP contribution < -0.4 is 0 Å². The van der Waals surface area contributed by atoms with Crippen molar-refractivity contribution in [3.63, 3.8) is 0 Å². The van der Waals surface area contributed by atoms with Gasteiger partial charge in [0.1, 0.15) is 0 Å². The summed E-state index contributed by atoms with van der Waals surface area (Å²) in [6.45, 7) is 3.22. The van der Waals surface area contributed by atoms with Crippen LogP contribution in [0, 0.1) is 0 Å². The van der Waals surface area contributed by atoms with Gasteiger partial charge in [0.05, 0.1) is 0 Å². The first-order valence-corrected chi connectivity index (χ1v) is 10.9. The Morgan fingerprint density at radius 2 is 1.29 bits per heavy atom. The molecule has 0 radical (unpaired) electrons. The van der Waals surface area contributed by atoms with Gasteiger partial charge >= 0.3 is 78.1 Å². The van der Waals surface area contributed by atoms with Gasteiger partial charge in [0.2, 0.25) is 0 Å². The molecule has 2 aromatic carbocycles. The quantitative estimate of drug-likeness (QED) is 0.194. The summed E-state index contributed by atoms with van der Waals surface area (Å²) in [5, 5.41) is 2.71. The molecule has 0 saturated heterocycles. The maximum atomic E-state index is 9.87. The number of benzene rings is 2. The standard InChI is InChI=1S/C14H13N.C5H5.F6P.Fe/c1-2-15-13-9-5-3-7-11(13)12-8-4-6-10-14(12)15;1-2-4-5-3-1;1-7(2,3,4,5)6;/h3-10H,2H2,1H3;1-3H,4H2;;/q;;-1;+1. The number of rotatable bonds is 1. The number of hydrogen-bond donors (Lipinski definition) is 0. The van der Waals surface area contributed by atoms with Crippen molar-refractivity contribution in [3.05, 3.63) is 71.2 Å². The van der Waals surface area contributed by atoms with E-state index in [0.717, 1.165) is 13.0 Å². The second-order valence-electron chi connectivity index (χ2n) is 5.97. The molecule has 0 bridgehead atoms. The Bertz CT molecular complexity index is 971. The molecule has 0 spiro atoms. The van der Waals surface area contributed by atoms with Gasteiger partial charge < -0.3 is 4.57 Å². The van der Waals surface area contributed by atoms with Crippen molar-refractivity contribution in [1.82, 2.24) is 4.57 Å². The molecule has 0 aliphatic heterocycles. The molecular weight excluding hydrogens is 443 g/mol. The van der Waals surface area contributed by atoms with E-state index in [1.54, 1.807) is 0 Å². The second kappa shape index (κ2) is 7.58. The van der Waals surface area contributed by atoms with Crippen LogP contribution in [0.5, 0.6) is 0 Å². The van der Waals surface area contributed by atoms with Gasteiger partial charge in [-0.2, -0.15) is 0 Å². The molecule has 1 heterocycles. The molecule has 28 heavy (non-hydrogen) atoms. The average Bonchev–Trinajstić information content (AvgIpc) is 3.17. The van der Waals surface area contributed by atoms with Gasteiger partial charge in [-0.25, -0.2) is 0 Å². The number of aryl methyl sites for hydroxylation is 1. The van der Waals surface area contributed by atoms with Gasteiger partial charge in [-0.05, 0) is 19.1 Å². The van der Waals surface area contributed by atoms with E-state index in [1.165, 1.54) is 26.3 Å². The molecular formula is C19H18F6FeNP. The molecule has 9 heteroatoms. The maximum absolute atomic E-state index is 10.7. The van der Waals surface area contributed by atoms with E-state index in [1.807, 2.05) is 12.2 Å². The summed E-state index contributed by atoms with van der Waals surface area (Å²) >= 11 is 3.74. The van der Waals surface area contributed by atoms with E-state index < -0.39 is 7.81 Å². The Kier molecular flexibility index (Phi) is 6.10. The SMILES string of the molecule is CCn1c2ccccc2c2ccccc21.F[P-](F)(F)(F)(F)F.[Fe+][C]1=CC=CC1. The molecule has 1 aliphatic carbocycles. The van der Waals surface area contributed by atoms with Crippen LogP contribution in [-0.2, 0) is 22.6 Å². The van der Waals surface area contributed by atoms with Crippen molar-refractivity contribution in [3.8, 4) is 0 Å². The molecule has 1 aliphatic rings. The van der Waals surface area contributed by atoms with Gasteiger partial charge in [0.15, 0.2) is 0 Å². The number of para-hydroxylation sites is 2. The number of nitrogens with zero attached hydrogens (tertiary/aromatic N) is 1. The van der Waals surface area contributed by atoms with Crippen LogP contribution in [0.25, 0.3) is 21.8 Å². The molecule has 3 aromatic rings. The summed E-state index contributed by atoms with van der Waals surface area (Å²) in [5.74, 6) is 0. The van der Waals surface area contributed by atoms with Crippen LogP contribution in [-0.4, -0.2) is 4.57 Å². The number of hydrogen-bond acceptors (Lipinski definition) is 0. The monoisotopic (exact) mass is 461 g/mol. The van der Waals surface area contributed by atoms with Gasteiger partial charge in [0, 0.05) is 28.4 Å². The van der Waals surface area contributed by atoms with Crippen molar-refractivity contribution < 1.29 is 41.2 Å². The first kappa shape index (κ1) is 22.5. The molecule has 4 rings (SSSR count). The van der Waals surface area contributed by atoms with E-state index in [4.69, 9.17) is 0 Å². The molecule has 0 saturated carbocycles. The first-order chi connectivity index (χ1) is 12.8. The second-order valence-corrected chi connectivity index (χ2v) is 8.59. The molecule has 1 aromatic heterocycles. The van der Waals surface area contributed by atoms with E-state index in [2.05, 4.69) is 82.1 Å². The Hall–Kier alpha value is -1.75. The van der Waals surface area contributed by atoms with E-state index in [9.17, 15) is 25.2 Å². The third kappa shape index (κ3) is 7.70. The number of fused-ring (bicyclic) bond motifs is 3. The third-order valence-electron chi connectivity index (χ3n) is 3.71. The summed E-state index contributed by atoms with van der Waals surface area (Å²) in [6, 6.07) is 17.2. The van der Waals surface area contributed by atoms with Gasteiger partial charge in [-0.1, -0.05) is 36.4 Å². The Balaban J connectivity index is 0.000000180. The molecule has 0 fully saturated rings. The summed E-state index contributed by atoms with van der Waals surface area (Å²) in [6.07, 6.45) is 7.21. The van der Waals surface area contributed by atoms with Crippen molar-refractivity contribution in [2.75, 3.05) is 0 Å². The molecule has 0 atom stereocenters. The predicted octanol–water partition coefficient (Wildman–Crippen LogP) is 8.57. The zero-order chi connectivity index (χ0) is 21.1. The minimum absolute atomic E-state index is 1.02. The Labute approximate surface area is 166 Å². The predicted molar refractivity (Wildman–Crippen MR) is 101 cm³/mol. The van der Waals surface area contributed by atoms with E-state index in [0.29, 0.717) is 0 Å². The number of aromatic nitrogens is 1. The van der Waals surface area contributed by atoms with Crippen LogP contribution in [0.15, 0.2) is 71.2 Å². The fraction of sp³-hybridized carbons (Fsp3) is 0.158. The molecule has 0 N–H and O–H groups in total. The van der Waals surface area contributed by atoms with Crippen LogP contribution in [0.4, 0.5) is 25.2 Å². The summed E-state index contributed by atoms with van der Waals surface area (Å²) < 4.78 is 62.8. The summed E-state index contributed by atoms with van der Waals surface area (Å²) in [5.41, 5.74) is 2.67. The van der Waals surface area contributed by atoms with Crippen LogP contribution in [0.3, 0.4) is 0 Å². The molecule has 0 unspecified atom stereocenters. The van der Waals surface area contributed by atoms with E-state index >= 15 is 0 Å². The third-order valence-corrected chi connectivity index (χ3v) is 4.12. The number of halogens is 6. The fourth-order valence-electron chi connectivity index (χ4n) is 2.76. The normalized spacial score (nSPS) is 15.8.